The Morgan fingerprint density at radius 1 is 1.37 bits per heavy atom. The zero-order valence-electron chi connectivity index (χ0n) is 11.8. The zero-order valence-corrected chi connectivity index (χ0v) is 11.8. The van der Waals surface area contributed by atoms with E-state index in [0.717, 1.165) is 24.4 Å². The molecule has 19 heavy (non-hydrogen) atoms. The third-order valence-corrected chi connectivity index (χ3v) is 4.12. The molecule has 1 aliphatic heterocycles. The van der Waals surface area contributed by atoms with Gasteiger partial charge in [-0.2, -0.15) is 0 Å². The minimum absolute atomic E-state index is 0.0193. The summed E-state index contributed by atoms with van der Waals surface area (Å²) >= 11 is 0. The van der Waals surface area contributed by atoms with Gasteiger partial charge in [-0.3, -0.25) is 0 Å². The van der Waals surface area contributed by atoms with Crippen LogP contribution in [0.1, 0.15) is 44.2 Å². The highest BCUT2D eigenvalue weighted by atomic mass is 19.1. The third kappa shape index (κ3) is 4.29. The lowest BCUT2D eigenvalue weighted by atomic mass is 10.0. The molecule has 3 heteroatoms. The number of nitrogens with two attached hydrogens (primary N) is 1. The van der Waals surface area contributed by atoms with Crippen LogP contribution in [0.15, 0.2) is 24.3 Å². The molecule has 1 heterocycles. The summed E-state index contributed by atoms with van der Waals surface area (Å²) in [6, 6.07) is 6.59. The fourth-order valence-electron chi connectivity index (χ4n) is 2.96. The molecule has 2 atom stereocenters. The van der Waals surface area contributed by atoms with Crippen LogP contribution in [-0.4, -0.2) is 24.5 Å². The van der Waals surface area contributed by atoms with Gasteiger partial charge in [-0.05, 0) is 56.0 Å². The predicted octanol–water partition coefficient (Wildman–Crippen LogP) is 3.34. The molecular formula is C16H25FN2. The van der Waals surface area contributed by atoms with Crippen LogP contribution in [0.25, 0.3) is 0 Å². The van der Waals surface area contributed by atoms with Crippen molar-refractivity contribution in [3.05, 3.63) is 35.6 Å². The Kier molecular flexibility index (Phi) is 5.34. The number of rotatable bonds is 6. The van der Waals surface area contributed by atoms with E-state index >= 15 is 0 Å². The predicted molar refractivity (Wildman–Crippen MR) is 77.4 cm³/mol. The lowest BCUT2D eigenvalue weighted by Gasteiger charge is -2.19. The number of benzene rings is 1. The first-order valence-corrected chi connectivity index (χ1v) is 7.42. The summed E-state index contributed by atoms with van der Waals surface area (Å²) in [5.41, 5.74) is 7.20. The normalized spacial score (nSPS) is 21.7. The molecule has 0 saturated carbocycles. The molecule has 2 unspecified atom stereocenters. The van der Waals surface area contributed by atoms with Crippen molar-refractivity contribution < 1.29 is 4.39 Å². The van der Waals surface area contributed by atoms with Crippen molar-refractivity contribution >= 4 is 0 Å². The largest absolute Gasteiger partial charge is 0.324 e. The topological polar surface area (TPSA) is 29.3 Å². The van der Waals surface area contributed by atoms with E-state index in [9.17, 15) is 4.39 Å². The molecule has 2 N–H and O–H groups in total. The van der Waals surface area contributed by atoms with Gasteiger partial charge in [0.1, 0.15) is 5.82 Å². The van der Waals surface area contributed by atoms with Crippen LogP contribution < -0.4 is 5.73 Å². The Bertz CT molecular complexity index is 377. The van der Waals surface area contributed by atoms with E-state index in [1.54, 1.807) is 12.1 Å². The SMILES string of the molecule is CCCC1CCN(CCC(N)c2ccc(F)cc2)C1. The molecule has 1 aliphatic rings. The average molecular weight is 264 g/mol. The maximum absolute atomic E-state index is 12.8. The van der Waals surface area contributed by atoms with Crippen molar-refractivity contribution in [3.8, 4) is 0 Å². The van der Waals surface area contributed by atoms with Gasteiger partial charge in [0.15, 0.2) is 0 Å². The van der Waals surface area contributed by atoms with Gasteiger partial charge in [0.05, 0.1) is 0 Å². The maximum Gasteiger partial charge on any atom is 0.123 e. The van der Waals surface area contributed by atoms with Gasteiger partial charge in [0, 0.05) is 12.6 Å². The second kappa shape index (κ2) is 7.01. The maximum atomic E-state index is 12.8. The Balaban J connectivity index is 1.75. The van der Waals surface area contributed by atoms with Gasteiger partial charge in [0.2, 0.25) is 0 Å². The minimum atomic E-state index is -0.196. The first kappa shape index (κ1) is 14.5. The van der Waals surface area contributed by atoms with Gasteiger partial charge in [0.25, 0.3) is 0 Å². The molecule has 0 spiro atoms. The van der Waals surface area contributed by atoms with Crippen molar-refractivity contribution in [3.63, 3.8) is 0 Å². The molecular weight excluding hydrogens is 239 g/mol. The first-order valence-electron chi connectivity index (χ1n) is 7.42. The van der Waals surface area contributed by atoms with Crippen molar-refractivity contribution in [1.82, 2.24) is 4.90 Å². The smallest absolute Gasteiger partial charge is 0.123 e. The van der Waals surface area contributed by atoms with Crippen molar-refractivity contribution in [2.75, 3.05) is 19.6 Å². The number of hydrogen-bond donors (Lipinski definition) is 1. The summed E-state index contributed by atoms with van der Waals surface area (Å²) in [6.45, 7) is 5.75. The van der Waals surface area contributed by atoms with Crippen LogP contribution in [-0.2, 0) is 0 Å². The summed E-state index contributed by atoms with van der Waals surface area (Å²) < 4.78 is 12.8. The van der Waals surface area contributed by atoms with E-state index in [4.69, 9.17) is 5.73 Å². The van der Waals surface area contributed by atoms with Gasteiger partial charge in [-0.1, -0.05) is 25.5 Å². The minimum Gasteiger partial charge on any atom is -0.324 e. The summed E-state index contributed by atoms with van der Waals surface area (Å²) in [5, 5.41) is 0. The second-order valence-corrected chi connectivity index (χ2v) is 5.69. The van der Waals surface area contributed by atoms with Crippen LogP contribution in [0.3, 0.4) is 0 Å². The zero-order chi connectivity index (χ0) is 13.7. The van der Waals surface area contributed by atoms with E-state index in [0.29, 0.717) is 0 Å². The summed E-state index contributed by atoms with van der Waals surface area (Å²) in [4.78, 5) is 2.52. The van der Waals surface area contributed by atoms with Gasteiger partial charge in [-0.15, -0.1) is 0 Å². The van der Waals surface area contributed by atoms with E-state index in [1.165, 1.54) is 44.5 Å². The lowest BCUT2D eigenvalue weighted by molar-refractivity contribution is 0.306. The summed E-state index contributed by atoms with van der Waals surface area (Å²) in [6.07, 6.45) is 4.91. The molecule has 1 fully saturated rings. The molecule has 1 saturated heterocycles. The molecule has 0 amide bonds. The molecule has 0 radical (unpaired) electrons. The fourth-order valence-corrected chi connectivity index (χ4v) is 2.96. The van der Waals surface area contributed by atoms with Gasteiger partial charge >= 0.3 is 0 Å². The molecule has 0 aliphatic carbocycles. The van der Waals surface area contributed by atoms with Crippen LogP contribution in [0.4, 0.5) is 4.39 Å². The standard InChI is InChI=1S/C16H25FN2/c1-2-3-13-8-10-19(12-13)11-9-16(18)14-4-6-15(17)7-5-14/h4-7,13,16H,2-3,8-12,18H2,1H3. The molecule has 2 nitrogen and oxygen atoms in total. The van der Waals surface area contributed by atoms with Gasteiger partial charge < -0.3 is 10.6 Å². The lowest BCUT2D eigenvalue weighted by Crippen LogP contribution is -2.25. The Labute approximate surface area is 115 Å². The molecule has 0 bridgehead atoms. The van der Waals surface area contributed by atoms with E-state index in [2.05, 4.69) is 11.8 Å². The Morgan fingerprint density at radius 3 is 2.79 bits per heavy atom. The second-order valence-electron chi connectivity index (χ2n) is 5.69. The average Bonchev–Trinajstić information content (AvgIpc) is 2.85. The van der Waals surface area contributed by atoms with Crippen molar-refractivity contribution in [2.24, 2.45) is 11.7 Å². The fraction of sp³-hybridized carbons (Fsp3) is 0.625. The summed E-state index contributed by atoms with van der Waals surface area (Å²) in [7, 11) is 0. The third-order valence-electron chi connectivity index (χ3n) is 4.12. The van der Waals surface area contributed by atoms with Crippen molar-refractivity contribution in [1.29, 1.82) is 0 Å². The number of halogens is 1. The number of nitrogens with zero attached hydrogens (tertiary/aromatic N) is 1. The van der Waals surface area contributed by atoms with Crippen LogP contribution in [0.5, 0.6) is 0 Å². The van der Waals surface area contributed by atoms with E-state index in [1.807, 2.05) is 0 Å². The van der Waals surface area contributed by atoms with Crippen LogP contribution in [0.2, 0.25) is 0 Å². The quantitative estimate of drug-likeness (QED) is 0.854. The highest BCUT2D eigenvalue weighted by Crippen LogP contribution is 2.22. The molecule has 0 aromatic heterocycles. The molecule has 1 aromatic rings. The van der Waals surface area contributed by atoms with E-state index in [-0.39, 0.29) is 11.9 Å². The summed E-state index contributed by atoms with van der Waals surface area (Å²) in [5.74, 6) is 0.685. The van der Waals surface area contributed by atoms with Crippen LogP contribution >= 0.6 is 0 Å². The highest BCUT2D eigenvalue weighted by Gasteiger charge is 2.21. The number of likely N-dealkylation sites (tertiary alicyclic amines) is 1. The molecule has 106 valence electrons. The first-order chi connectivity index (χ1) is 9.19. The molecule has 1 aromatic carbocycles. The highest BCUT2D eigenvalue weighted by molar-refractivity contribution is 5.19. The Hall–Kier alpha value is -0.930. The number of hydrogen-bond acceptors (Lipinski definition) is 2. The van der Waals surface area contributed by atoms with Gasteiger partial charge in [-0.25, -0.2) is 4.39 Å². The van der Waals surface area contributed by atoms with E-state index < -0.39 is 0 Å². The van der Waals surface area contributed by atoms with Crippen molar-refractivity contribution in [2.45, 2.75) is 38.6 Å². The molecule has 2 rings (SSSR count). The monoisotopic (exact) mass is 264 g/mol. The Morgan fingerprint density at radius 2 is 2.11 bits per heavy atom. The van der Waals surface area contributed by atoms with Crippen LogP contribution in [0, 0.1) is 11.7 Å².